The first kappa shape index (κ1) is 13.8. The molecule has 2 unspecified atom stereocenters. The molecule has 2 atom stereocenters. The van der Waals surface area contributed by atoms with Gasteiger partial charge in [0.05, 0.1) is 18.8 Å². The van der Waals surface area contributed by atoms with E-state index in [0.29, 0.717) is 5.75 Å². The van der Waals surface area contributed by atoms with Crippen LogP contribution in [0.4, 0.5) is 0 Å². The number of aliphatic hydroxyl groups is 2. The molecular weight excluding hydrogens is 244 g/mol. The van der Waals surface area contributed by atoms with Gasteiger partial charge in [0.1, 0.15) is 11.9 Å². The fourth-order valence-electron chi connectivity index (χ4n) is 1.41. The molecule has 0 aliphatic carbocycles. The van der Waals surface area contributed by atoms with Crippen molar-refractivity contribution in [2.24, 2.45) is 0 Å². The van der Waals surface area contributed by atoms with E-state index in [0.717, 1.165) is 0 Å². The Balaban J connectivity index is 3.18. The van der Waals surface area contributed by atoms with Gasteiger partial charge in [-0.25, -0.2) is 4.79 Å². The summed E-state index contributed by atoms with van der Waals surface area (Å²) >= 11 is 3.87. The van der Waals surface area contributed by atoms with Crippen LogP contribution in [0.1, 0.15) is 22.0 Å². The van der Waals surface area contributed by atoms with Crippen molar-refractivity contribution in [1.29, 1.82) is 0 Å². The lowest BCUT2D eigenvalue weighted by molar-refractivity contribution is 0.0321. The molecule has 0 heterocycles. The van der Waals surface area contributed by atoms with Gasteiger partial charge in [-0.3, -0.25) is 0 Å². The number of aromatic carboxylic acids is 1. The fourth-order valence-corrected chi connectivity index (χ4v) is 1.61. The Morgan fingerprint density at radius 1 is 1.47 bits per heavy atom. The Morgan fingerprint density at radius 2 is 2.12 bits per heavy atom. The van der Waals surface area contributed by atoms with Crippen LogP contribution in [0.5, 0.6) is 5.75 Å². The largest absolute Gasteiger partial charge is 0.496 e. The maximum absolute atomic E-state index is 10.8. The average molecular weight is 258 g/mol. The molecule has 1 aromatic rings. The van der Waals surface area contributed by atoms with Crippen LogP contribution >= 0.6 is 12.6 Å². The molecule has 0 aromatic heterocycles. The van der Waals surface area contributed by atoms with Gasteiger partial charge in [0.15, 0.2) is 0 Å². The number of carbonyl (C=O) groups is 1. The predicted molar refractivity (Wildman–Crippen MR) is 64.8 cm³/mol. The molecule has 94 valence electrons. The summed E-state index contributed by atoms with van der Waals surface area (Å²) < 4.78 is 5.01. The van der Waals surface area contributed by atoms with E-state index in [4.69, 9.17) is 9.84 Å². The van der Waals surface area contributed by atoms with Gasteiger partial charge in [0, 0.05) is 11.3 Å². The first-order valence-corrected chi connectivity index (χ1v) is 5.52. The monoisotopic (exact) mass is 258 g/mol. The van der Waals surface area contributed by atoms with Crippen LogP contribution in [0, 0.1) is 0 Å². The van der Waals surface area contributed by atoms with Crippen LogP contribution in [-0.4, -0.2) is 40.3 Å². The predicted octanol–water partition coefficient (Wildman–Crippen LogP) is 0.717. The summed E-state index contributed by atoms with van der Waals surface area (Å²) in [4.78, 5) is 10.8. The maximum atomic E-state index is 10.8. The molecule has 0 bridgehead atoms. The summed E-state index contributed by atoms with van der Waals surface area (Å²) in [6, 6.07) is 4.08. The van der Waals surface area contributed by atoms with Crippen LogP contribution < -0.4 is 4.74 Å². The van der Waals surface area contributed by atoms with E-state index < -0.39 is 18.2 Å². The van der Waals surface area contributed by atoms with Crippen molar-refractivity contribution in [1.82, 2.24) is 0 Å². The maximum Gasteiger partial charge on any atom is 0.335 e. The summed E-state index contributed by atoms with van der Waals surface area (Å²) in [6.07, 6.45) is -2.32. The van der Waals surface area contributed by atoms with E-state index in [1.54, 1.807) is 0 Å². The normalized spacial score (nSPS) is 14.1. The van der Waals surface area contributed by atoms with Gasteiger partial charge in [-0.1, -0.05) is 0 Å². The SMILES string of the molecule is COc1ccc(C(=O)O)cc1C(O)C(O)CS. The number of hydrogen-bond donors (Lipinski definition) is 4. The molecule has 0 radical (unpaired) electrons. The second kappa shape index (κ2) is 5.90. The number of aliphatic hydroxyl groups excluding tert-OH is 2. The minimum atomic E-state index is -1.23. The minimum absolute atomic E-state index is 0.0196. The number of carboxylic acid groups (broad SMARTS) is 1. The van der Waals surface area contributed by atoms with Gasteiger partial charge in [-0.15, -0.1) is 0 Å². The van der Waals surface area contributed by atoms with Crippen molar-refractivity contribution < 1.29 is 24.9 Å². The highest BCUT2D eigenvalue weighted by atomic mass is 32.1. The summed E-state index contributed by atoms with van der Waals surface area (Å²) in [5.41, 5.74) is 0.250. The Kier molecular flexibility index (Phi) is 4.80. The standard InChI is InChI=1S/C11H14O5S/c1-16-9-3-2-6(11(14)15)4-7(9)10(13)8(12)5-17/h2-4,8,10,12-13,17H,5H2,1H3,(H,14,15). The third kappa shape index (κ3) is 3.12. The summed E-state index contributed by atoms with van der Waals surface area (Å²) in [6.45, 7) is 0. The molecule has 17 heavy (non-hydrogen) atoms. The Bertz CT molecular complexity index is 407. The van der Waals surface area contributed by atoms with E-state index in [1.807, 2.05) is 0 Å². The number of carboxylic acids is 1. The number of ether oxygens (including phenoxy) is 1. The van der Waals surface area contributed by atoms with Crippen LogP contribution in [0.3, 0.4) is 0 Å². The van der Waals surface area contributed by atoms with Crippen molar-refractivity contribution in [3.8, 4) is 5.75 Å². The molecule has 0 saturated heterocycles. The molecule has 0 spiro atoms. The second-order valence-electron chi connectivity index (χ2n) is 3.46. The van der Waals surface area contributed by atoms with Gasteiger partial charge in [-0.2, -0.15) is 12.6 Å². The molecule has 3 N–H and O–H groups in total. The summed E-state index contributed by atoms with van der Waals surface area (Å²) in [7, 11) is 1.40. The zero-order valence-corrected chi connectivity index (χ0v) is 10.1. The van der Waals surface area contributed by atoms with Gasteiger partial charge in [0.2, 0.25) is 0 Å². The number of methoxy groups -OCH3 is 1. The Hall–Kier alpha value is -1.24. The topological polar surface area (TPSA) is 87.0 Å². The van der Waals surface area contributed by atoms with Crippen LogP contribution in [0.25, 0.3) is 0 Å². The van der Waals surface area contributed by atoms with E-state index in [2.05, 4.69) is 12.6 Å². The van der Waals surface area contributed by atoms with E-state index in [9.17, 15) is 15.0 Å². The highest BCUT2D eigenvalue weighted by molar-refractivity contribution is 7.80. The average Bonchev–Trinajstić information content (AvgIpc) is 2.35. The second-order valence-corrected chi connectivity index (χ2v) is 3.82. The van der Waals surface area contributed by atoms with Crippen molar-refractivity contribution in [2.75, 3.05) is 12.9 Å². The minimum Gasteiger partial charge on any atom is -0.496 e. The Labute approximate surface area is 104 Å². The molecular formula is C11H14O5S. The van der Waals surface area contributed by atoms with E-state index in [-0.39, 0.29) is 16.9 Å². The zero-order valence-electron chi connectivity index (χ0n) is 9.20. The Morgan fingerprint density at radius 3 is 2.59 bits per heavy atom. The van der Waals surface area contributed by atoms with Crippen molar-refractivity contribution in [3.05, 3.63) is 29.3 Å². The third-order valence-corrected chi connectivity index (χ3v) is 2.72. The summed E-state index contributed by atoms with van der Waals surface area (Å²) in [5.74, 6) is -0.730. The van der Waals surface area contributed by atoms with Crippen molar-refractivity contribution in [2.45, 2.75) is 12.2 Å². The van der Waals surface area contributed by atoms with Crippen LogP contribution in [-0.2, 0) is 0 Å². The van der Waals surface area contributed by atoms with Crippen LogP contribution in [0.2, 0.25) is 0 Å². The van der Waals surface area contributed by atoms with Gasteiger partial charge < -0.3 is 20.1 Å². The van der Waals surface area contributed by atoms with Gasteiger partial charge in [0.25, 0.3) is 0 Å². The van der Waals surface area contributed by atoms with E-state index >= 15 is 0 Å². The highest BCUT2D eigenvalue weighted by Crippen LogP contribution is 2.28. The molecule has 0 saturated carbocycles. The first-order valence-electron chi connectivity index (χ1n) is 4.89. The highest BCUT2D eigenvalue weighted by Gasteiger charge is 2.22. The molecule has 0 fully saturated rings. The number of benzene rings is 1. The molecule has 0 aliphatic heterocycles. The molecule has 0 aliphatic rings. The molecule has 0 amide bonds. The number of hydrogen-bond acceptors (Lipinski definition) is 5. The lowest BCUT2D eigenvalue weighted by Crippen LogP contribution is -2.20. The quantitative estimate of drug-likeness (QED) is 0.585. The third-order valence-electron chi connectivity index (χ3n) is 2.35. The smallest absolute Gasteiger partial charge is 0.335 e. The van der Waals surface area contributed by atoms with Crippen molar-refractivity contribution >= 4 is 18.6 Å². The van der Waals surface area contributed by atoms with Gasteiger partial charge in [-0.05, 0) is 18.2 Å². The lowest BCUT2D eigenvalue weighted by atomic mass is 10.0. The van der Waals surface area contributed by atoms with Crippen LogP contribution in [0.15, 0.2) is 18.2 Å². The number of thiol groups is 1. The molecule has 1 rings (SSSR count). The first-order chi connectivity index (χ1) is 8.01. The van der Waals surface area contributed by atoms with Gasteiger partial charge >= 0.3 is 5.97 Å². The molecule has 1 aromatic carbocycles. The molecule has 5 nitrogen and oxygen atoms in total. The zero-order chi connectivity index (χ0) is 13.0. The van der Waals surface area contributed by atoms with Crippen molar-refractivity contribution in [3.63, 3.8) is 0 Å². The fraction of sp³-hybridized carbons (Fsp3) is 0.364. The summed E-state index contributed by atoms with van der Waals surface area (Å²) in [5, 5.41) is 28.2. The molecule has 6 heteroatoms. The number of rotatable bonds is 5. The lowest BCUT2D eigenvalue weighted by Gasteiger charge is -2.19. The van der Waals surface area contributed by atoms with E-state index in [1.165, 1.54) is 25.3 Å².